The average Bonchev–Trinajstić information content (AvgIpc) is 3.32. The molecule has 2 aromatic rings. The molecule has 2 aromatic carbocycles. The van der Waals surface area contributed by atoms with Gasteiger partial charge in [-0.15, -0.1) is 0 Å². The minimum atomic E-state index is -0.605. The van der Waals surface area contributed by atoms with Gasteiger partial charge in [-0.1, -0.05) is 12.1 Å². The summed E-state index contributed by atoms with van der Waals surface area (Å²) in [7, 11) is 2.12. The highest BCUT2D eigenvalue weighted by Crippen LogP contribution is 2.31. The maximum absolute atomic E-state index is 12.5. The first-order valence-corrected chi connectivity index (χ1v) is 14.4. The minimum Gasteiger partial charge on any atom is -0.508 e. The van der Waals surface area contributed by atoms with Crippen LogP contribution in [0, 0.1) is 0 Å². The van der Waals surface area contributed by atoms with Crippen LogP contribution in [0.3, 0.4) is 0 Å². The Morgan fingerprint density at radius 3 is 2.41 bits per heavy atom. The summed E-state index contributed by atoms with van der Waals surface area (Å²) in [5.74, 6) is 0.665. The summed E-state index contributed by atoms with van der Waals surface area (Å²) in [6, 6.07) is 15.2. The Balaban J connectivity index is 1.04. The molecule has 2 fully saturated rings. The van der Waals surface area contributed by atoms with Gasteiger partial charge in [-0.25, -0.2) is 0 Å². The van der Waals surface area contributed by atoms with Crippen molar-refractivity contribution in [2.75, 3.05) is 64.4 Å². The number of piperazine rings is 1. The Morgan fingerprint density at radius 2 is 1.72 bits per heavy atom. The molecule has 5 rings (SSSR count). The molecule has 0 aliphatic carbocycles. The number of aliphatic imine (C=N–C) groups is 1. The number of amidine groups is 1. The lowest BCUT2D eigenvalue weighted by Crippen LogP contribution is -2.46. The Morgan fingerprint density at radius 1 is 1.03 bits per heavy atom. The number of piperidine rings is 1. The predicted molar refractivity (Wildman–Crippen MR) is 156 cm³/mol. The predicted octanol–water partition coefficient (Wildman–Crippen LogP) is 2.61. The van der Waals surface area contributed by atoms with E-state index in [9.17, 15) is 15.0 Å². The van der Waals surface area contributed by atoms with Crippen molar-refractivity contribution >= 4 is 34.6 Å². The van der Waals surface area contributed by atoms with E-state index in [0.29, 0.717) is 23.2 Å². The van der Waals surface area contributed by atoms with Crippen molar-refractivity contribution < 1.29 is 19.7 Å². The van der Waals surface area contributed by atoms with Gasteiger partial charge in [0.2, 0.25) is 0 Å². The maximum atomic E-state index is 12.5. The molecule has 3 N–H and O–H groups in total. The number of carbonyl (C=O) groups excluding carboxylic acids is 1. The summed E-state index contributed by atoms with van der Waals surface area (Å²) in [6.45, 7) is 6.33. The van der Waals surface area contributed by atoms with Crippen LogP contribution in [0.2, 0.25) is 0 Å². The van der Waals surface area contributed by atoms with Crippen molar-refractivity contribution in [2.45, 2.75) is 25.0 Å². The molecular weight excluding hydrogens is 514 g/mol. The molecule has 39 heavy (non-hydrogen) atoms. The highest BCUT2D eigenvalue weighted by molar-refractivity contribution is 8.18. The standard InChI is InChI=1S/C29H37N5O4S/c1-32-14-16-34(17-15-32)29-31-28(37)27(39-29)18-21-2-4-23(5-3-21)33-12-10-22(11-13-33)30-19-25(36)20-38-26-8-6-24(35)7-9-26/h2-9,18,22,25,30,35-36H,10-17,19-20H2,1H3/b27-18+/t25-/m0/s1. The second-order valence-electron chi connectivity index (χ2n) is 10.3. The van der Waals surface area contributed by atoms with E-state index in [-0.39, 0.29) is 18.3 Å². The second kappa shape index (κ2) is 12.9. The van der Waals surface area contributed by atoms with Gasteiger partial charge >= 0.3 is 0 Å². The lowest BCUT2D eigenvalue weighted by atomic mass is 10.0. The van der Waals surface area contributed by atoms with Crippen molar-refractivity contribution in [1.82, 2.24) is 15.1 Å². The molecule has 0 spiro atoms. The van der Waals surface area contributed by atoms with Gasteiger partial charge in [0.25, 0.3) is 5.91 Å². The SMILES string of the molecule is CN1CCN(C2=NC(=O)/C(=C\c3ccc(N4CCC(NC[C@H](O)COc5ccc(O)cc5)CC4)cc3)S2)CC1. The summed E-state index contributed by atoms with van der Waals surface area (Å²) in [6.07, 6.45) is 3.33. The number of nitrogens with zero attached hydrogens (tertiary/aromatic N) is 4. The fourth-order valence-corrected chi connectivity index (χ4v) is 5.87. The van der Waals surface area contributed by atoms with E-state index in [1.165, 1.54) is 17.4 Å². The third kappa shape index (κ3) is 7.54. The van der Waals surface area contributed by atoms with Crippen LogP contribution < -0.4 is 15.0 Å². The fourth-order valence-electron chi connectivity index (χ4n) is 4.90. The summed E-state index contributed by atoms with van der Waals surface area (Å²) in [5.41, 5.74) is 2.18. The van der Waals surface area contributed by atoms with Gasteiger partial charge in [-0.3, -0.25) is 4.79 Å². The number of rotatable bonds is 8. The summed E-state index contributed by atoms with van der Waals surface area (Å²) in [5, 5.41) is 23.9. The Labute approximate surface area is 234 Å². The van der Waals surface area contributed by atoms with E-state index in [1.807, 2.05) is 6.08 Å². The second-order valence-corrected chi connectivity index (χ2v) is 11.3. The molecule has 0 unspecified atom stereocenters. The third-order valence-corrected chi connectivity index (χ3v) is 8.40. The van der Waals surface area contributed by atoms with Crippen LogP contribution >= 0.6 is 11.8 Å². The maximum Gasteiger partial charge on any atom is 0.286 e. The Kier molecular flexibility index (Phi) is 9.08. The van der Waals surface area contributed by atoms with Crippen molar-refractivity contribution in [3.8, 4) is 11.5 Å². The van der Waals surface area contributed by atoms with Crippen LogP contribution in [0.15, 0.2) is 58.4 Å². The summed E-state index contributed by atoms with van der Waals surface area (Å²) >= 11 is 1.48. The molecule has 3 aliphatic heterocycles. The lowest BCUT2D eigenvalue weighted by Gasteiger charge is -2.34. The summed E-state index contributed by atoms with van der Waals surface area (Å²) in [4.78, 5) is 24.3. The van der Waals surface area contributed by atoms with E-state index in [1.54, 1.807) is 24.3 Å². The number of carbonyl (C=O) groups is 1. The topological polar surface area (TPSA) is 101 Å². The van der Waals surface area contributed by atoms with Crippen molar-refractivity contribution in [1.29, 1.82) is 0 Å². The van der Waals surface area contributed by atoms with Crippen molar-refractivity contribution in [3.05, 3.63) is 59.0 Å². The quantitative estimate of drug-likeness (QED) is 0.428. The largest absolute Gasteiger partial charge is 0.508 e. The number of phenolic OH excluding ortho intramolecular Hbond substituents is 1. The van der Waals surface area contributed by atoms with E-state index < -0.39 is 6.10 Å². The minimum absolute atomic E-state index is 0.149. The Hall–Kier alpha value is -3.05. The number of likely N-dealkylation sites (N-methyl/N-ethyl adjacent to an activating group) is 1. The molecule has 9 nitrogen and oxygen atoms in total. The number of ether oxygens (including phenoxy) is 1. The van der Waals surface area contributed by atoms with Gasteiger partial charge in [-0.2, -0.15) is 4.99 Å². The molecule has 1 amide bonds. The number of benzene rings is 2. The van der Waals surface area contributed by atoms with E-state index >= 15 is 0 Å². The van der Waals surface area contributed by atoms with Crippen LogP contribution in [0.1, 0.15) is 18.4 Å². The van der Waals surface area contributed by atoms with Crippen LogP contribution in [-0.4, -0.2) is 103 Å². The van der Waals surface area contributed by atoms with E-state index in [2.05, 4.69) is 56.3 Å². The number of thioether (sulfide) groups is 1. The zero-order chi connectivity index (χ0) is 27.2. The van der Waals surface area contributed by atoms with Crippen LogP contribution in [0.25, 0.3) is 6.08 Å². The molecule has 2 saturated heterocycles. The number of aromatic hydroxyl groups is 1. The van der Waals surface area contributed by atoms with Gasteiger partial charge in [0.15, 0.2) is 5.17 Å². The molecule has 10 heteroatoms. The van der Waals surface area contributed by atoms with E-state index in [4.69, 9.17) is 4.74 Å². The van der Waals surface area contributed by atoms with E-state index in [0.717, 1.165) is 62.8 Å². The number of phenols is 1. The molecule has 3 heterocycles. The average molecular weight is 552 g/mol. The zero-order valence-electron chi connectivity index (χ0n) is 22.3. The van der Waals surface area contributed by atoms with Gasteiger partial charge < -0.3 is 35.0 Å². The number of amides is 1. The van der Waals surface area contributed by atoms with Crippen molar-refractivity contribution in [3.63, 3.8) is 0 Å². The van der Waals surface area contributed by atoms with Gasteiger partial charge in [-0.05, 0) is 79.7 Å². The fraction of sp³-hybridized carbons (Fsp3) is 0.448. The van der Waals surface area contributed by atoms with Crippen LogP contribution in [0.4, 0.5) is 5.69 Å². The van der Waals surface area contributed by atoms with Gasteiger partial charge in [0.1, 0.15) is 24.2 Å². The number of anilines is 1. The molecule has 0 aromatic heterocycles. The zero-order valence-corrected chi connectivity index (χ0v) is 23.1. The number of hydrogen-bond donors (Lipinski definition) is 3. The first kappa shape index (κ1) is 27.5. The molecule has 208 valence electrons. The number of aliphatic hydroxyl groups excluding tert-OH is 1. The number of nitrogens with one attached hydrogen (secondary N) is 1. The molecular formula is C29H37N5O4S. The summed E-state index contributed by atoms with van der Waals surface area (Å²) < 4.78 is 5.59. The molecule has 0 radical (unpaired) electrons. The highest BCUT2D eigenvalue weighted by Gasteiger charge is 2.28. The molecule has 0 bridgehead atoms. The van der Waals surface area contributed by atoms with Crippen LogP contribution in [-0.2, 0) is 4.79 Å². The van der Waals surface area contributed by atoms with Crippen LogP contribution in [0.5, 0.6) is 11.5 Å². The first-order valence-electron chi connectivity index (χ1n) is 13.6. The van der Waals surface area contributed by atoms with Crippen molar-refractivity contribution in [2.24, 2.45) is 4.99 Å². The number of hydrogen-bond acceptors (Lipinski definition) is 9. The molecule has 1 atom stereocenters. The normalized spacial score (nSPS) is 20.9. The monoisotopic (exact) mass is 551 g/mol. The lowest BCUT2D eigenvalue weighted by molar-refractivity contribution is -0.113. The third-order valence-electron chi connectivity index (χ3n) is 7.36. The molecule has 3 aliphatic rings. The van der Waals surface area contributed by atoms with Gasteiger partial charge in [0.05, 0.1) is 4.91 Å². The highest BCUT2D eigenvalue weighted by atomic mass is 32.2. The van der Waals surface area contributed by atoms with Gasteiger partial charge in [0, 0.05) is 57.5 Å². The number of aliphatic hydroxyl groups is 1. The smallest absolute Gasteiger partial charge is 0.286 e. The first-order chi connectivity index (χ1) is 18.9. The molecule has 0 saturated carbocycles. The Bertz CT molecular complexity index is 1170.